The molecule has 0 bridgehead atoms. The van der Waals surface area contributed by atoms with Crippen LogP contribution in [0.4, 0.5) is 5.69 Å². The minimum absolute atomic E-state index is 0.939. The molecule has 1 fully saturated rings. The molecule has 0 saturated carbocycles. The highest BCUT2D eigenvalue weighted by Crippen LogP contribution is 2.27. The maximum Gasteiger partial charge on any atom is 0.0555 e. The molecule has 3 nitrogen and oxygen atoms in total. The average Bonchev–Trinajstić information content (AvgIpc) is 2.77. The lowest BCUT2D eigenvalue weighted by molar-refractivity contribution is 0.272. The first-order chi connectivity index (χ1) is 13.9. The minimum Gasteiger partial charge on any atom is -0.368 e. The number of anilines is 1. The van der Waals surface area contributed by atoms with Gasteiger partial charge in [0.15, 0.2) is 0 Å². The summed E-state index contributed by atoms with van der Waals surface area (Å²) in [6.07, 6.45) is 2.06. The zero-order valence-electron chi connectivity index (χ0n) is 15.8. The van der Waals surface area contributed by atoms with E-state index in [1.54, 1.807) is 0 Å². The lowest BCUT2D eigenvalue weighted by Gasteiger charge is -2.34. The third-order valence-corrected chi connectivity index (χ3v) is 5.54. The van der Waals surface area contributed by atoms with Crippen LogP contribution < -0.4 is 4.90 Å². The van der Waals surface area contributed by atoms with Crippen LogP contribution in [0.25, 0.3) is 21.5 Å². The molecule has 4 aromatic carbocycles. The summed E-state index contributed by atoms with van der Waals surface area (Å²) in [6, 6.07) is 30.0. The molecular formula is C25H23N3. The van der Waals surface area contributed by atoms with E-state index in [9.17, 15) is 0 Å². The second-order valence-corrected chi connectivity index (χ2v) is 7.25. The van der Waals surface area contributed by atoms with Crippen LogP contribution in [-0.4, -0.2) is 37.4 Å². The van der Waals surface area contributed by atoms with Crippen LogP contribution in [0.2, 0.25) is 0 Å². The standard InChI is InChI=1S/C25H23N3/c1-2-10-22(11-3-1)27-14-16-28(17-15-27)26-19-25-23-12-6-4-8-20(23)18-21-9-5-7-13-24(21)25/h1-13,18-19H,14-17H2. The molecule has 1 saturated heterocycles. The second kappa shape index (κ2) is 7.35. The number of hydrogen-bond acceptors (Lipinski definition) is 3. The zero-order valence-corrected chi connectivity index (χ0v) is 15.8. The largest absolute Gasteiger partial charge is 0.368 e. The van der Waals surface area contributed by atoms with E-state index in [1.807, 2.05) is 0 Å². The van der Waals surface area contributed by atoms with Crippen molar-refractivity contribution in [2.24, 2.45) is 5.10 Å². The number of benzene rings is 4. The number of fused-ring (bicyclic) bond motifs is 2. The third kappa shape index (κ3) is 3.20. The molecule has 0 atom stereocenters. The molecule has 0 N–H and O–H groups in total. The fourth-order valence-electron chi connectivity index (χ4n) is 4.04. The molecule has 1 aliphatic rings. The van der Waals surface area contributed by atoms with E-state index >= 15 is 0 Å². The monoisotopic (exact) mass is 365 g/mol. The lowest BCUT2D eigenvalue weighted by Crippen LogP contribution is -2.44. The van der Waals surface area contributed by atoms with Gasteiger partial charge in [-0.15, -0.1) is 0 Å². The van der Waals surface area contributed by atoms with Crippen molar-refractivity contribution >= 4 is 33.4 Å². The molecule has 0 radical (unpaired) electrons. The van der Waals surface area contributed by atoms with Gasteiger partial charge in [-0.3, -0.25) is 5.01 Å². The predicted molar refractivity (Wildman–Crippen MR) is 119 cm³/mol. The van der Waals surface area contributed by atoms with E-state index in [1.165, 1.54) is 32.8 Å². The molecular weight excluding hydrogens is 342 g/mol. The maximum atomic E-state index is 4.86. The summed E-state index contributed by atoms with van der Waals surface area (Å²) in [5, 5.41) is 12.1. The quantitative estimate of drug-likeness (QED) is 0.369. The van der Waals surface area contributed by atoms with Crippen LogP contribution in [0.3, 0.4) is 0 Å². The molecule has 0 aliphatic carbocycles. The molecule has 1 heterocycles. The molecule has 0 amide bonds. The van der Waals surface area contributed by atoms with Crippen LogP contribution >= 0.6 is 0 Å². The van der Waals surface area contributed by atoms with Crippen molar-refractivity contribution < 1.29 is 0 Å². The van der Waals surface area contributed by atoms with Crippen LogP contribution in [0.15, 0.2) is 90.0 Å². The first-order valence-electron chi connectivity index (χ1n) is 9.88. The van der Waals surface area contributed by atoms with Crippen molar-refractivity contribution in [1.82, 2.24) is 5.01 Å². The van der Waals surface area contributed by atoms with E-state index in [0.29, 0.717) is 0 Å². The van der Waals surface area contributed by atoms with Crippen molar-refractivity contribution in [3.63, 3.8) is 0 Å². The molecule has 28 heavy (non-hydrogen) atoms. The van der Waals surface area contributed by atoms with Gasteiger partial charge in [-0.2, -0.15) is 5.10 Å². The van der Waals surface area contributed by atoms with Gasteiger partial charge in [-0.25, -0.2) is 0 Å². The summed E-state index contributed by atoms with van der Waals surface area (Å²) in [6.45, 7) is 3.87. The van der Waals surface area contributed by atoms with E-state index in [4.69, 9.17) is 5.10 Å². The summed E-state index contributed by atoms with van der Waals surface area (Å²) in [5.41, 5.74) is 2.50. The average molecular weight is 365 g/mol. The Balaban J connectivity index is 1.41. The summed E-state index contributed by atoms with van der Waals surface area (Å²) in [7, 11) is 0. The fourth-order valence-corrected chi connectivity index (χ4v) is 4.04. The number of nitrogens with zero attached hydrogens (tertiary/aromatic N) is 3. The van der Waals surface area contributed by atoms with E-state index in [-0.39, 0.29) is 0 Å². The summed E-state index contributed by atoms with van der Waals surface area (Å²) in [4.78, 5) is 2.43. The molecule has 3 heteroatoms. The first kappa shape index (κ1) is 16.8. The Morgan fingerprint density at radius 3 is 1.86 bits per heavy atom. The number of rotatable bonds is 3. The van der Waals surface area contributed by atoms with Gasteiger partial charge in [0.05, 0.1) is 19.3 Å². The van der Waals surface area contributed by atoms with Gasteiger partial charge < -0.3 is 4.90 Å². The Bertz CT molecular complexity index is 1070. The Hall–Kier alpha value is -3.33. The van der Waals surface area contributed by atoms with E-state index in [2.05, 4.69) is 101 Å². The first-order valence-corrected chi connectivity index (χ1v) is 9.88. The highest BCUT2D eigenvalue weighted by atomic mass is 15.5. The van der Waals surface area contributed by atoms with Crippen LogP contribution in [0.1, 0.15) is 5.56 Å². The third-order valence-electron chi connectivity index (χ3n) is 5.54. The van der Waals surface area contributed by atoms with Gasteiger partial charge >= 0.3 is 0 Å². The Kier molecular flexibility index (Phi) is 4.42. The number of hydrogen-bond donors (Lipinski definition) is 0. The highest BCUT2D eigenvalue weighted by molar-refractivity contribution is 6.13. The molecule has 5 rings (SSSR count). The Labute approximate surface area is 165 Å². The van der Waals surface area contributed by atoms with Crippen molar-refractivity contribution in [1.29, 1.82) is 0 Å². The van der Waals surface area contributed by atoms with Gasteiger partial charge in [0.1, 0.15) is 0 Å². The van der Waals surface area contributed by atoms with Crippen molar-refractivity contribution in [2.45, 2.75) is 0 Å². The Morgan fingerprint density at radius 2 is 1.21 bits per heavy atom. The summed E-state index contributed by atoms with van der Waals surface area (Å²) < 4.78 is 0. The molecule has 1 aliphatic heterocycles. The van der Waals surface area contributed by atoms with Crippen LogP contribution in [-0.2, 0) is 0 Å². The van der Waals surface area contributed by atoms with Crippen LogP contribution in [0, 0.1) is 0 Å². The molecule has 0 spiro atoms. The van der Waals surface area contributed by atoms with E-state index < -0.39 is 0 Å². The SMILES string of the molecule is C(=NN1CCN(c2ccccc2)CC1)c1c2ccccc2cc2ccccc12. The summed E-state index contributed by atoms with van der Waals surface area (Å²) >= 11 is 0. The number of piperazine rings is 1. The topological polar surface area (TPSA) is 18.8 Å². The molecule has 4 aromatic rings. The van der Waals surface area contributed by atoms with Gasteiger partial charge in [-0.05, 0) is 39.7 Å². The van der Waals surface area contributed by atoms with Gasteiger partial charge in [-0.1, -0.05) is 66.7 Å². The smallest absolute Gasteiger partial charge is 0.0555 e. The highest BCUT2D eigenvalue weighted by Gasteiger charge is 2.15. The van der Waals surface area contributed by atoms with Crippen molar-refractivity contribution in [3.05, 3.63) is 90.5 Å². The second-order valence-electron chi connectivity index (χ2n) is 7.25. The lowest BCUT2D eigenvalue weighted by atomic mass is 9.97. The van der Waals surface area contributed by atoms with Gasteiger partial charge in [0.2, 0.25) is 0 Å². The fraction of sp³-hybridized carbons (Fsp3) is 0.160. The van der Waals surface area contributed by atoms with Gasteiger partial charge in [0, 0.05) is 24.3 Å². The van der Waals surface area contributed by atoms with E-state index in [0.717, 1.165) is 26.2 Å². The van der Waals surface area contributed by atoms with Crippen molar-refractivity contribution in [3.8, 4) is 0 Å². The number of para-hydroxylation sites is 1. The predicted octanol–water partition coefficient (Wildman–Crippen LogP) is 5.15. The maximum absolute atomic E-state index is 4.86. The molecule has 138 valence electrons. The normalized spacial score (nSPS) is 15.0. The zero-order chi connectivity index (χ0) is 18.8. The summed E-state index contributed by atoms with van der Waals surface area (Å²) in [5.74, 6) is 0. The van der Waals surface area contributed by atoms with Crippen LogP contribution in [0.5, 0.6) is 0 Å². The van der Waals surface area contributed by atoms with Gasteiger partial charge in [0.25, 0.3) is 0 Å². The molecule has 0 aromatic heterocycles. The minimum atomic E-state index is 0.939. The van der Waals surface area contributed by atoms with Crippen molar-refractivity contribution in [2.75, 3.05) is 31.1 Å². The number of hydrazone groups is 1. The Morgan fingerprint density at radius 1 is 0.643 bits per heavy atom. The molecule has 0 unspecified atom stereocenters.